The molecule has 5 heteroatoms. The van der Waals surface area contributed by atoms with Gasteiger partial charge in [0.25, 0.3) is 10.2 Å². The van der Waals surface area contributed by atoms with Crippen LogP contribution in [0.2, 0.25) is 0 Å². The zero-order valence-corrected chi connectivity index (χ0v) is 11.9. The van der Waals surface area contributed by atoms with E-state index in [0.29, 0.717) is 13.1 Å². The first-order valence-electron chi connectivity index (χ1n) is 6.87. The molecule has 0 aromatic rings. The molecule has 1 aliphatic carbocycles. The van der Waals surface area contributed by atoms with Crippen LogP contribution in [0.25, 0.3) is 0 Å². The lowest BCUT2D eigenvalue weighted by Crippen LogP contribution is -2.46. The van der Waals surface area contributed by atoms with E-state index in [1.165, 1.54) is 6.42 Å². The molecule has 4 nitrogen and oxygen atoms in total. The van der Waals surface area contributed by atoms with E-state index in [-0.39, 0.29) is 6.04 Å². The fraction of sp³-hybridized carbons (Fsp3) is 1.00. The van der Waals surface area contributed by atoms with Crippen molar-refractivity contribution in [1.82, 2.24) is 9.03 Å². The summed E-state index contributed by atoms with van der Waals surface area (Å²) in [7, 11) is -3.26. The van der Waals surface area contributed by atoms with E-state index in [9.17, 15) is 8.42 Å². The Labute approximate surface area is 106 Å². The molecule has 0 atom stereocenters. The highest BCUT2D eigenvalue weighted by Crippen LogP contribution is 2.18. The number of hydrogen-bond acceptors (Lipinski definition) is 2. The third-order valence-corrected chi connectivity index (χ3v) is 4.88. The van der Waals surface area contributed by atoms with Gasteiger partial charge in [0.15, 0.2) is 0 Å². The van der Waals surface area contributed by atoms with Gasteiger partial charge in [-0.3, -0.25) is 0 Å². The Hall–Kier alpha value is -0.130. The van der Waals surface area contributed by atoms with Gasteiger partial charge in [0.2, 0.25) is 0 Å². The summed E-state index contributed by atoms with van der Waals surface area (Å²) in [6, 6.07) is 0.157. The van der Waals surface area contributed by atoms with Crippen LogP contribution in [0, 0.1) is 0 Å². The Morgan fingerprint density at radius 1 is 1.06 bits per heavy atom. The van der Waals surface area contributed by atoms with Gasteiger partial charge in [0.1, 0.15) is 0 Å². The van der Waals surface area contributed by atoms with Crippen LogP contribution < -0.4 is 4.72 Å². The van der Waals surface area contributed by atoms with E-state index in [4.69, 9.17) is 0 Å². The van der Waals surface area contributed by atoms with Crippen molar-refractivity contribution in [3.63, 3.8) is 0 Å². The zero-order chi connectivity index (χ0) is 12.7. The maximum atomic E-state index is 12.2. The molecule has 0 bridgehead atoms. The third kappa shape index (κ3) is 4.94. The molecule has 0 aromatic heterocycles. The second kappa shape index (κ2) is 7.34. The molecule has 17 heavy (non-hydrogen) atoms. The minimum Gasteiger partial charge on any atom is -0.199 e. The molecule has 0 spiro atoms. The Morgan fingerprint density at radius 3 is 2.06 bits per heavy atom. The van der Waals surface area contributed by atoms with Crippen molar-refractivity contribution in [2.75, 3.05) is 13.1 Å². The van der Waals surface area contributed by atoms with E-state index in [1.807, 2.05) is 13.8 Å². The number of rotatable bonds is 7. The maximum absolute atomic E-state index is 12.2. The lowest BCUT2D eigenvalue weighted by molar-refractivity contribution is 0.370. The van der Waals surface area contributed by atoms with Gasteiger partial charge in [-0.05, 0) is 25.7 Å². The number of nitrogens with zero attached hydrogens (tertiary/aromatic N) is 1. The van der Waals surface area contributed by atoms with Crippen molar-refractivity contribution in [1.29, 1.82) is 0 Å². The predicted molar refractivity (Wildman–Crippen MR) is 71.1 cm³/mol. The summed E-state index contributed by atoms with van der Waals surface area (Å²) in [4.78, 5) is 0. The Bertz CT molecular complexity index is 292. The minimum absolute atomic E-state index is 0.157. The molecule has 1 rings (SSSR count). The summed E-state index contributed by atoms with van der Waals surface area (Å²) in [5.74, 6) is 0. The molecule has 102 valence electrons. The molecule has 0 saturated heterocycles. The Kier molecular flexibility index (Phi) is 6.44. The zero-order valence-electron chi connectivity index (χ0n) is 11.1. The number of hydrogen-bond donors (Lipinski definition) is 1. The van der Waals surface area contributed by atoms with Gasteiger partial charge in [-0.1, -0.05) is 33.1 Å². The van der Waals surface area contributed by atoms with Crippen LogP contribution in [0.3, 0.4) is 0 Å². The van der Waals surface area contributed by atoms with Crippen molar-refractivity contribution < 1.29 is 8.42 Å². The lowest BCUT2D eigenvalue weighted by atomic mass is 9.96. The average molecular weight is 262 g/mol. The van der Waals surface area contributed by atoms with E-state index in [0.717, 1.165) is 38.5 Å². The van der Waals surface area contributed by atoms with Crippen molar-refractivity contribution in [3.05, 3.63) is 0 Å². The van der Waals surface area contributed by atoms with Crippen LogP contribution >= 0.6 is 0 Å². The first kappa shape index (κ1) is 14.9. The van der Waals surface area contributed by atoms with E-state index < -0.39 is 10.2 Å². The highest BCUT2D eigenvalue weighted by molar-refractivity contribution is 7.87. The molecule has 1 saturated carbocycles. The molecular weight excluding hydrogens is 236 g/mol. The van der Waals surface area contributed by atoms with Gasteiger partial charge >= 0.3 is 0 Å². The molecule has 0 heterocycles. The minimum atomic E-state index is -3.26. The van der Waals surface area contributed by atoms with Crippen molar-refractivity contribution in [2.24, 2.45) is 0 Å². The predicted octanol–water partition coefficient (Wildman–Crippen LogP) is 2.28. The first-order valence-corrected chi connectivity index (χ1v) is 8.31. The molecule has 1 aliphatic rings. The van der Waals surface area contributed by atoms with E-state index >= 15 is 0 Å². The summed E-state index contributed by atoms with van der Waals surface area (Å²) in [6.45, 7) is 5.27. The van der Waals surface area contributed by atoms with Crippen molar-refractivity contribution in [3.8, 4) is 0 Å². The van der Waals surface area contributed by atoms with Crippen LogP contribution in [0.5, 0.6) is 0 Å². The van der Waals surface area contributed by atoms with E-state index in [1.54, 1.807) is 4.31 Å². The fourth-order valence-corrected chi connectivity index (χ4v) is 4.01. The number of nitrogens with one attached hydrogen (secondary N) is 1. The molecule has 1 N–H and O–H groups in total. The van der Waals surface area contributed by atoms with Gasteiger partial charge in [-0.25, -0.2) is 0 Å². The SMILES string of the molecule is CCCN(CCC)S(=O)(=O)NC1CCCCC1. The standard InChI is InChI=1S/C12H26N2O2S/c1-3-10-14(11-4-2)17(15,16)13-12-8-6-5-7-9-12/h12-13H,3-11H2,1-2H3. The summed E-state index contributed by atoms with van der Waals surface area (Å²) in [5, 5.41) is 0. The lowest BCUT2D eigenvalue weighted by Gasteiger charge is -2.27. The highest BCUT2D eigenvalue weighted by atomic mass is 32.2. The largest absolute Gasteiger partial charge is 0.279 e. The molecular formula is C12H26N2O2S. The summed E-state index contributed by atoms with van der Waals surface area (Å²) >= 11 is 0. The van der Waals surface area contributed by atoms with Crippen LogP contribution in [-0.2, 0) is 10.2 Å². The van der Waals surface area contributed by atoms with Crippen LogP contribution in [0.1, 0.15) is 58.8 Å². The van der Waals surface area contributed by atoms with Crippen LogP contribution in [0.4, 0.5) is 0 Å². The summed E-state index contributed by atoms with van der Waals surface area (Å²) in [6.07, 6.45) is 7.25. The molecule has 0 unspecified atom stereocenters. The fourth-order valence-electron chi connectivity index (χ4n) is 2.36. The van der Waals surface area contributed by atoms with Crippen molar-refractivity contribution in [2.45, 2.75) is 64.8 Å². The maximum Gasteiger partial charge on any atom is 0.279 e. The second-order valence-electron chi connectivity index (χ2n) is 4.86. The quantitative estimate of drug-likeness (QED) is 0.765. The smallest absolute Gasteiger partial charge is 0.199 e. The van der Waals surface area contributed by atoms with Gasteiger partial charge in [0.05, 0.1) is 0 Å². The summed E-state index contributed by atoms with van der Waals surface area (Å²) in [5.41, 5.74) is 0. The molecule has 0 radical (unpaired) electrons. The molecule has 0 aromatic carbocycles. The third-order valence-electron chi connectivity index (χ3n) is 3.21. The molecule has 0 amide bonds. The molecule has 1 fully saturated rings. The average Bonchev–Trinajstić information content (AvgIpc) is 2.29. The topological polar surface area (TPSA) is 49.4 Å². The van der Waals surface area contributed by atoms with Gasteiger partial charge in [0, 0.05) is 19.1 Å². The van der Waals surface area contributed by atoms with E-state index in [2.05, 4.69) is 4.72 Å². The monoisotopic (exact) mass is 262 g/mol. The Balaban J connectivity index is 2.56. The van der Waals surface area contributed by atoms with Gasteiger partial charge in [-0.15, -0.1) is 0 Å². The van der Waals surface area contributed by atoms with Crippen LogP contribution in [-0.4, -0.2) is 31.9 Å². The summed E-state index contributed by atoms with van der Waals surface area (Å²) < 4.78 is 28.8. The normalized spacial score (nSPS) is 18.8. The second-order valence-corrected chi connectivity index (χ2v) is 6.56. The highest BCUT2D eigenvalue weighted by Gasteiger charge is 2.25. The van der Waals surface area contributed by atoms with Crippen LogP contribution in [0.15, 0.2) is 0 Å². The van der Waals surface area contributed by atoms with Gasteiger partial charge < -0.3 is 0 Å². The molecule has 0 aliphatic heterocycles. The Morgan fingerprint density at radius 2 is 1.59 bits per heavy atom. The first-order chi connectivity index (χ1) is 8.10. The van der Waals surface area contributed by atoms with Crippen molar-refractivity contribution >= 4 is 10.2 Å². The van der Waals surface area contributed by atoms with Gasteiger partial charge in [-0.2, -0.15) is 17.4 Å².